The summed E-state index contributed by atoms with van der Waals surface area (Å²) in [7, 11) is 0. The molecule has 18 heavy (non-hydrogen) atoms. The van der Waals surface area contributed by atoms with Crippen molar-refractivity contribution in [2.45, 2.75) is 6.54 Å². The molecule has 0 aliphatic heterocycles. The molecule has 2 aromatic carbocycles. The van der Waals surface area contributed by atoms with Crippen molar-refractivity contribution in [1.82, 2.24) is 0 Å². The predicted octanol–water partition coefficient (Wildman–Crippen LogP) is 4.59. The number of nitrogens with zero attached hydrogens (tertiary/aromatic N) is 1. The predicted molar refractivity (Wildman–Crippen MR) is 77.6 cm³/mol. The number of halogens is 2. The standard InChI is InChI=1S/C14H10BrClN2/c15-12-3-6-14(11(7-12)8-17)18-9-10-1-4-13(16)5-2-10/h1-7,18H,9H2. The van der Waals surface area contributed by atoms with Gasteiger partial charge in [0.2, 0.25) is 0 Å². The lowest BCUT2D eigenvalue weighted by Crippen LogP contribution is -2.01. The minimum atomic E-state index is 0.623. The van der Waals surface area contributed by atoms with Gasteiger partial charge in [-0.1, -0.05) is 39.7 Å². The van der Waals surface area contributed by atoms with Crippen LogP contribution in [-0.4, -0.2) is 0 Å². The van der Waals surface area contributed by atoms with Gasteiger partial charge in [-0.2, -0.15) is 5.26 Å². The van der Waals surface area contributed by atoms with Crippen molar-refractivity contribution in [2.75, 3.05) is 5.32 Å². The van der Waals surface area contributed by atoms with Crippen LogP contribution in [0.5, 0.6) is 0 Å². The van der Waals surface area contributed by atoms with E-state index in [-0.39, 0.29) is 0 Å². The highest BCUT2D eigenvalue weighted by molar-refractivity contribution is 9.10. The summed E-state index contributed by atoms with van der Waals surface area (Å²) in [4.78, 5) is 0. The van der Waals surface area contributed by atoms with Gasteiger partial charge in [0.1, 0.15) is 6.07 Å². The molecule has 0 unspecified atom stereocenters. The number of nitriles is 1. The Morgan fingerprint density at radius 2 is 1.89 bits per heavy atom. The molecule has 4 heteroatoms. The Hall–Kier alpha value is -1.50. The third-order valence-corrected chi connectivity index (χ3v) is 3.24. The Bertz CT molecular complexity index is 588. The number of benzene rings is 2. The zero-order valence-electron chi connectivity index (χ0n) is 9.45. The Labute approximate surface area is 119 Å². The van der Waals surface area contributed by atoms with Crippen LogP contribution >= 0.6 is 27.5 Å². The van der Waals surface area contributed by atoms with Gasteiger partial charge in [0.25, 0.3) is 0 Å². The molecule has 2 rings (SSSR count). The van der Waals surface area contributed by atoms with Gasteiger partial charge in [-0.25, -0.2) is 0 Å². The first-order valence-electron chi connectivity index (χ1n) is 5.37. The van der Waals surface area contributed by atoms with E-state index < -0.39 is 0 Å². The fraction of sp³-hybridized carbons (Fsp3) is 0.0714. The number of nitrogens with one attached hydrogen (secondary N) is 1. The molecule has 0 aliphatic rings. The molecule has 90 valence electrons. The molecule has 1 N–H and O–H groups in total. The zero-order valence-corrected chi connectivity index (χ0v) is 11.8. The number of anilines is 1. The highest BCUT2D eigenvalue weighted by Gasteiger charge is 2.02. The summed E-state index contributed by atoms with van der Waals surface area (Å²) in [6, 6.07) is 15.4. The van der Waals surface area contributed by atoms with Crippen LogP contribution in [0.3, 0.4) is 0 Å². The van der Waals surface area contributed by atoms with Crippen LogP contribution in [0.4, 0.5) is 5.69 Å². The largest absolute Gasteiger partial charge is 0.380 e. The SMILES string of the molecule is N#Cc1cc(Br)ccc1NCc1ccc(Cl)cc1. The lowest BCUT2D eigenvalue weighted by Gasteiger charge is -2.08. The van der Waals surface area contributed by atoms with E-state index in [0.717, 1.165) is 20.7 Å². The van der Waals surface area contributed by atoms with Gasteiger partial charge < -0.3 is 5.32 Å². The van der Waals surface area contributed by atoms with Gasteiger partial charge in [-0.15, -0.1) is 0 Å². The number of hydrogen-bond acceptors (Lipinski definition) is 2. The molecule has 0 fully saturated rings. The van der Waals surface area contributed by atoms with Gasteiger partial charge in [0.15, 0.2) is 0 Å². The Balaban J connectivity index is 2.11. The van der Waals surface area contributed by atoms with Gasteiger partial charge in [0, 0.05) is 16.0 Å². The Morgan fingerprint density at radius 3 is 2.56 bits per heavy atom. The van der Waals surface area contributed by atoms with E-state index in [0.29, 0.717) is 12.1 Å². The van der Waals surface area contributed by atoms with Gasteiger partial charge in [-0.05, 0) is 35.9 Å². The normalized spacial score (nSPS) is 9.83. The number of hydrogen-bond donors (Lipinski definition) is 1. The summed E-state index contributed by atoms with van der Waals surface area (Å²) in [5.41, 5.74) is 2.57. The van der Waals surface area contributed by atoms with E-state index >= 15 is 0 Å². The van der Waals surface area contributed by atoms with E-state index in [1.54, 1.807) is 6.07 Å². The molecule has 0 saturated heterocycles. The van der Waals surface area contributed by atoms with Crippen LogP contribution in [0.15, 0.2) is 46.9 Å². The number of rotatable bonds is 3. The maximum atomic E-state index is 9.05. The smallest absolute Gasteiger partial charge is 0.101 e. The van der Waals surface area contributed by atoms with Crippen LogP contribution in [0, 0.1) is 11.3 Å². The quantitative estimate of drug-likeness (QED) is 0.897. The average molecular weight is 322 g/mol. The lowest BCUT2D eigenvalue weighted by atomic mass is 10.1. The average Bonchev–Trinajstić information content (AvgIpc) is 2.39. The van der Waals surface area contributed by atoms with E-state index in [9.17, 15) is 0 Å². The molecule has 0 aliphatic carbocycles. The summed E-state index contributed by atoms with van der Waals surface area (Å²) in [6.45, 7) is 0.660. The maximum absolute atomic E-state index is 9.05. The van der Waals surface area contributed by atoms with Crippen molar-refractivity contribution in [3.05, 3.63) is 63.1 Å². The van der Waals surface area contributed by atoms with E-state index in [1.807, 2.05) is 36.4 Å². The molecule has 0 saturated carbocycles. The zero-order chi connectivity index (χ0) is 13.0. The van der Waals surface area contributed by atoms with Crippen molar-refractivity contribution in [3.63, 3.8) is 0 Å². The molecule has 2 nitrogen and oxygen atoms in total. The maximum Gasteiger partial charge on any atom is 0.101 e. The summed E-state index contributed by atoms with van der Waals surface area (Å²) < 4.78 is 0.899. The lowest BCUT2D eigenvalue weighted by molar-refractivity contribution is 1.15. The molecule has 2 aromatic rings. The van der Waals surface area contributed by atoms with Gasteiger partial charge in [-0.3, -0.25) is 0 Å². The molecule has 0 aromatic heterocycles. The first-order valence-corrected chi connectivity index (χ1v) is 6.54. The summed E-state index contributed by atoms with van der Waals surface area (Å²) in [5, 5.41) is 13.0. The fourth-order valence-corrected chi connectivity index (χ4v) is 2.05. The fourth-order valence-electron chi connectivity index (χ4n) is 1.56. The molecule has 0 heterocycles. The van der Waals surface area contributed by atoms with Crippen LogP contribution < -0.4 is 5.32 Å². The van der Waals surface area contributed by atoms with Crippen molar-refractivity contribution in [1.29, 1.82) is 5.26 Å². The third kappa shape index (κ3) is 3.25. The molecule has 0 spiro atoms. The molecule has 0 amide bonds. The van der Waals surface area contributed by atoms with Crippen molar-refractivity contribution < 1.29 is 0 Å². The first kappa shape index (κ1) is 12.9. The Morgan fingerprint density at radius 1 is 1.17 bits per heavy atom. The minimum absolute atomic E-state index is 0.623. The molecular weight excluding hydrogens is 312 g/mol. The highest BCUT2D eigenvalue weighted by atomic mass is 79.9. The molecule has 0 atom stereocenters. The van der Waals surface area contributed by atoms with Crippen LogP contribution in [0.25, 0.3) is 0 Å². The van der Waals surface area contributed by atoms with Crippen LogP contribution in [-0.2, 0) is 6.54 Å². The monoisotopic (exact) mass is 320 g/mol. The summed E-state index contributed by atoms with van der Waals surface area (Å²) in [5.74, 6) is 0. The third-order valence-electron chi connectivity index (χ3n) is 2.50. The minimum Gasteiger partial charge on any atom is -0.380 e. The first-order chi connectivity index (χ1) is 8.69. The second-order valence-electron chi connectivity index (χ2n) is 3.78. The Kier molecular flexibility index (Phi) is 4.24. The van der Waals surface area contributed by atoms with Crippen LogP contribution in [0.1, 0.15) is 11.1 Å². The summed E-state index contributed by atoms with van der Waals surface area (Å²) in [6.07, 6.45) is 0. The summed E-state index contributed by atoms with van der Waals surface area (Å²) >= 11 is 9.17. The second kappa shape index (κ2) is 5.90. The molecule has 0 bridgehead atoms. The highest BCUT2D eigenvalue weighted by Crippen LogP contribution is 2.21. The van der Waals surface area contributed by atoms with Crippen molar-refractivity contribution in [2.24, 2.45) is 0 Å². The van der Waals surface area contributed by atoms with Crippen molar-refractivity contribution in [3.8, 4) is 6.07 Å². The molecule has 0 radical (unpaired) electrons. The van der Waals surface area contributed by atoms with E-state index in [2.05, 4.69) is 27.3 Å². The van der Waals surface area contributed by atoms with Gasteiger partial charge in [0.05, 0.1) is 11.3 Å². The van der Waals surface area contributed by atoms with E-state index in [1.165, 1.54) is 0 Å². The van der Waals surface area contributed by atoms with Gasteiger partial charge >= 0.3 is 0 Å². The topological polar surface area (TPSA) is 35.8 Å². The molecular formula is C14H10BrClN2. The van der Waals surface area contributed by atoms with E-state index in [4.69, 9.17) is 16.9 Å². The second-order valence-corrected chi connectivity index (χ2v) is 5.13. The van der Waals surface area contributed by atoms with Crippen LogP contribution in [0.2, 0.25) is 5.02 Å². The van der Waals surface area contributed by atoms with Crippen molar-refractivity contribution >= 4 is 33.2 Å².